The number of anilines is 1. The van der Waals surface area contributed by atoms with Gasteiger partial charge in [-0.3, -0.25) is 9.59 Å². The lowest BCUT2D eigenvalue weighted by Gasteiger charge is -2.22. The van der Waals surface area contributed by atoms with Crippen LogP contribution in [0.3, 0.4) is 0 Å². The Kier molecular flexibility index (Phi) is 4.10. The molecule has 1 amide bonds. The minimum atomic E-state index is -0.586. The first-order valence-corrected chi connectivity index (χ1v) is 7.39. The van der Waals surface area contributed by atoms with E-state index in [4.69, 9.17) is 4.74 Å². The molecule has 0 radical (unpaired) electrons. The summed E-state index contributed by atoms with van der Waals surface area (Å²) in [5, 5.41) is 0. The summed E-state index contributed by atoms with van der Waals surface area (Å²) in [4.78, 5) is 26.5. The zero-order valence-corrected chi connectivity index (χ0v) is 12.7. The lowest BCUT2D eigenvalue weighted by atomic mass is 10.1. The Morgan fingerprint density at radius 2 is 2.00 bits per heavy atom. The van der Waals surface area contributed by atoms with E-state index in [0.717, 1.165) is 6.07 Å². The van der Waals surface area contributed by atoms with Crippen molar-refractivity contribution in [2.24, 2.45) is 0 Å². The van der Waals surface area contributed by atoms with Crippen LogP contribution in [0, 0.1) is 5.82 Å². The van der Waals surface area contributed by atoms with Crippen LogP contribution < -0.4 is 9.64 Å². The average Bonchev–Trinajstić information content (AvgIpc) is 2.74. The maximum Gasteiger partial charge on any atom is 0.258 e. The molecule has 1 aliphatic rings. The van der Waals surface area contributed by atoms with E-state index in [9.17, 15) is 14.0 Å². The number of carbonyl (C=O) groups is 2. The molecule has 0 fully saturated rings. The standard InChI is InChI=1S/C18H16FNO3/c1-23-17-9-8-12(11-14(17)19)18(22)20-10-4-7-16(21)13-5-2-3-6-15(13)20/h2-3,5-6,8-9,11H,4,7,10H2,1H3. The number of methoxy groups -OCH3 is 1. The highest BCUT2D eigenvalue weighted by Gasteiger charge is 2.26. The number of fused-ring (bicyclic) bond motifs is 1. The lowest BCUT2D eigenvalue weighted by Crippen LogP contribution is -2.31. The molecule has 1 heterocycles. The third-order valence-electron chi connectivity index (χ3n) is 3.92. The van der Waals surface area contributed by atoms with Crippen LogP contribution in [0.1, 0.15) is 33.6 Å². The third kappa shape index (κ3) is 2.82. The topological polar surface area (TPSA) is 46.6 Å². The molecule has 0 saturated carbocycles. The Balaban J connectivity index is 2.00. The Morgan fingerprint density at radius 1 is 1.22 bits per heavy atom. The predicted octanol–water partition coefficient (Wildman–Crippen LogP) is 3.46. The highest BCUT2D eigenvalue weighted by atomic mass is 19.1. The number of amides is 1. The molecule has 0 aromatic heterocycles. The number of nitrogens with zero attached hydrogens (tertiary/aromatic N) is 1. The number of carbonyl (C=O) groups excluding carboxylic acids is 2. The number of benzene rings is 2. The molecular weight excluding hydrogens is 297 g/mol. The summed E-state index contributed by atoms with van der Waals surface area (Å²) in [5.41, 5.74) is 1.34. The summed E-state index contributed by atoms with van der Waals surface area (Å²) in [6, 6.07) is 11.1. The summed E-state index contributed by atoms with van der Waals surface area (Å²) < 4.78 is 18.7. The molecule has 0 bridgehead atoms. The van der Waals surface area contributed by atoms with Crippen molar-refractivity contribution in [2.45, 2.75) is 12.8 Å². The fraction of sp³-hybridized carbons (Fsp3) is 0.222. The van der Waals surface area contributed by atoms with Crippen LogP contribution in [0.25, 0.3) is 0 Å². The van der Waals surface area contributed by atoms with Crippen LogP contribution in [0.15, 0.2) is 42.5 Å². The normalized spacial score (nSPS) is 14.2. The number of hydrogen-bond acceptors (Lipinski definition) is 3. The molecule has 1 aliphatic heterocycles. The van der Waals surface area contributed by atoms with Gasteiger partial charge in [-0.15, -0.1) is 0 Å². The van der Waals surface area contributed by atoms with E-state index in [1.807, 2.05) is 0 Å². The lowest BCUT2D eigenvalue weighted by molar-refractivity contribution is 0.0973. The van der Waals surface area contributed by atoms with Gasteiger partial charge in [0, 0.05) is 24.1 Å². The van der Waals surface area contributed by atoms with Crippen molar-refractivity contribution in [1.82, 2.24) is 0 Å². The SMILES string of the molecule is COc1ccc(C(=O)N2CCCC(=O)c3ccccc32)cc1F. The van der Waals surface area contributed by atoms with Crippen molar-refractivity contribution in [3.8, 4) is 5.75 Å². The first kappa shape index (κ1) is 15.2. The first-order valence-electron chi connectivity index (χ1n) is 7.39. The van der Waals surface area contributed by atoms with E-state index in [2.05, 4.69) is 0 Å². The highest BCUT2D eigenvalue weighted by molar-refractivity contribution is 6.11. The molecule has 2 aromatic carbocycles. The average molecular weight is 313 g/mol. The fourth-order valence-corrected chi connectivity index (χ4v) is 2.76. The monoisotopic (exact) mass is 313 g/mol. The second-order valence-electron chi connectivity index (χ2n) is 5.35. The van der Waals surface area contributed by atoms with Gasteiger partial charge in [-0.1, -0.05) is 12.1 Å². The van der Waals surface area contributed by atoms with Crippen molar-refractivity contribution >= 4 is 17.4 Å². The van der Waals surface area contributed by atoms with Gasteiger partial charge >= 0.3 is 0 Å². The molecule has 0 atom stereocenters. The maximum absolute atomic E-state index is 13.9. The van der Waals surface area contributed by atoms with Crippen LogP contribution >= 0.6 is 0 Å². The molecule has 5 heteroatoms. The van der Waals surface area contributed by atoms with Gasteiger partial charge in [-0.05, 0) is 36.8 Å². The fourth-order valence-electron chi connectivity index (χ4n) is 2.76. The summed E-state index contributed by atoms with van der Waals surface area (Å²) in [5.74, 6) is -0.795. The number of halogens is 1. The van der Waals surface area contributed by atoms with Gasteiger partial charge in [0.05, 0.1) is 12.8 Å². The van der Waals surface area contributed by atoms with Crippen LogP contribution in [-0.4, -0.2) is 25.3 Å². The molecule has 2 aromatic rings. The van der Waals surface area contributed by atoms with Gasteiger partial charge in [0.25, 0.3) is 5.91 Å². The Bertz CT molecular complexity index is 773. The summed E-state index contributed by atoms with van der Waals surface area (Å²) in [6.45, 7) is 0.426. The van der Waals surface area contributed by atoms with Crippen molar-refractivity contribution < 1.29 is 18.7 Å². The van der Waals surface area contributed by atoms with Crippen molar-refractivity contribution in [1.29, 1.82) is 0 Å². The van der Waals surface area contributed by atoms with Crippen LogP contribution in [0.2, 0.25) is 0 Å². The summed E-state index contributed by atoms with van der Waals surface area (Å²) in [7, 11) is 1.37. The summed E-state index contributed by atoms with van der Waals surface area (Å²) >= 11 is 0. The van der Waals surface area contributed by atoms with Gasteiger partial charge in [0.1, 0.15) is 0 Å². The number of ether oxygens (including phenoxy) is 1. The quantitative estimate of drug-likeness (QED) is 0.853. The smallest absolute Gasteiger partial charge is 0.258 e. The molecule has 0 saturated heterocycles. The number of para-hydroxylation sites is 1. The second-order valence-corrected chi connectivity index (χ2v) is 5.35. The zero-order valence-electron chi connectivity index (χ0n) is 12.7. The van der Waals surface area contributed by atoms with Crippen molar-refractivity contribution in [3.05, 3.63) is 59.4 Å². The minimum Gasteiger partial charge on any atom is -0.494 e. The van der Waals surface area contributed by atoms with Crippen LogP contribution in [0.4, 0.5) is 10.1 Å². The van der Waals surface area contributed by atoms with Gasteiger partial charge < -0.3 is 9.64 Å². The van der Waals surface area contributed by atoms with Crippen molar-refractivity contribution in [3.63, 3.8) is 0 Å². The van der Waals surface area contributed by atoms with E-state index >= 15 is 0 Å². The highest BCUT2D eigenvalue weighted by Crippen LogP contribution is 2.28. The van der Waals surface area contributed by atoms with Gasteiger partial charge in [-0.25, -0.2) is 4.39 Å². The van der Waals surface area contributed by atoms with Gasteiger partial charge in [0.2, 0.25) is 0 Å². The molecule has 3 rings (SSSR count). The third-order valence-corrected chi connectivity index (χ3v) is 3.92. The van der Waals surface area contributed by atoms with E-state index in [-0.39, 0.29) is 23.0 Å². The molecule has 0 N–H and O–H groups in total. The van der Waals surface area contributed by atoms with E-state index in [1.54, 1.807) is 29.2 Å². The summed E-state index contributed by atoms with van der Waals surface area (Å²) in [6.07, 6.45) is 0.982. The second kappa shape index (κ2) is 6.20. The Labute approximate surface area is 133 Å². The van der Waals surface area contributed by atoms with Crippen LogP contribution in [-0.2, 0) is 0 Å². The molecule has 23 heavy (non-hydrogen) atoms. The minimum absolute atomic E-state index is 0.0248. The number of rotatable bonds is 2. The Hall–Kier alpha value is -2.69. The number of hydrogen-bond donors (Lipinski definition) is 0. The van der Waals surface area contributed by atoms with Gasteiger partial charge in [0.15, 0.2) is 17.3 Å². The van der Waals surface area contributed by atoms with E-state index < -0.39 is 5.82 Å². The number of Topliss-reactive ketones (excluding diaryl/α,β-unsaturated/α-hetero) is 1. The molecule has 118 valence electrons. The maximum atomic E-state index is 13.9. The molecule has 0 unspecified atom stereocenters. The molecular formula is C18H16FNO3. The van der Waals surface area contributed by atoms with Crippen LogP contribution in [0.5, 0.6) is 5.75 Å². The molecule has 0 aliphatic carbocycles. The Morgan fingerprint density at radius 3 is 2.74 bits per heavy atom. The first-order chi connectivity index (χ1) is 11.1. The van der Waals surface area contributed by atoms with E-state index in [1.165, 1.54) is 19.2 Å². The number of ketones is 1. The molecule has 0 spiro atoms. The van der Waals surface area contributed by atoms with Crippen molar-refractivity contribution in [2.75, 3.05) is 18.6 Å². The molecule has 4 nitrogen and oxygen atoms in total. The van der Waals surface area contributed by atoms with E-state index in [0.29, 0.717) is 30.6 Å². The van der Waals surface area contributed by atoms with Gasteiger partial charge in [-0.2, -0.15) is 0 Å². The zero-order chi connectivity index (χ0) is 16.4. The largest absolute Gasteiger partial charge is 0.494 e. The predicted molar refractivity (Wildman–Crippen MR) is 84.6 cm³/mol.